The quantitative estimate of drug-likeness (QED) is 0.629. The Hall–Kier alpha value is -1.97. The normalized spacial score (nSPS) is 9.33. The fourth-order valence-corrected chi connectivity index (χ4v) is 1.13. The minimum absolute atomic E-state index is 0.0289. The van der Waals surface area contributed by atoms with Gasteiger partial charge >= 0.3 is 10.4 Å². The van der Waals surface area contributed by atoms with Crippen molar-refractivity contribution >= 4 is 22.7 Å². The molecule has 0 spiro atoms. The number of rotatable bonds is 4. The van der Waals surface area contributed by atoms with Crippen molar-refractivity contribution in [1.82, 2.24) is 0 Å². The van der Waals surface area contributed by atoms with Crippen LogP contribution in [0.1, 0.15) is 24.2 Å². The Morgan fingerprint density at radius 1 is 1.29 bits per heavy atom. The topological polar surface area (TPSA) is 127 Å². The highest BCUT2D eigenvalue weighted by Gasteiger charge is 1.98. The minimum atomic E-state index is -4.17. The smallest absolute Gasteiger partial charge is 0.397 e. The molecule has 9 heteroatoms. The van der Waals surface area contributed by atoms with E-state index in [-0.39, 0.29) is 6.61 Å². The van der Waals surface area contributed by atoms with Crippen LogP contribution in [0, 0.1) is 0 Å². The van der Waals surface area contributed by atoms with Crippen LogP contribution in [0.2, 0.25) is 0 Å². The third kappa shape index (κ3) is 18.0. The van der Waals surface area contributed by atoms with Crippen molar-refractivity contribution in [3.63, 3.8) is 0 Å². The van der Waals surface area contributed by atoms with Crippen molar-refractivity contribution in [1.29, 1.82) is 0 Å². The summed E-state index contributed by atoms with van der Waals surface area (Å²) < 4.78 is 35.6. The molecule has 0 radical (unpaired) electrons. The van der Waals surface area contributed by atoms with Crippen LogP contribution in [0.4, 0.5) is 0 Å². The molecule has 0 heterocycles. The Labute approximate surface area is 123 Å². The molecule has 0 saturated carbocycles. The van der Waals surface area contributed by atoms with Crippen LogP contribution in [0.3, 0.4) is 0 Å². The zero-order chi connectivity index (χ0) is 16.9. The predicted octanol–water partition coefficient (Wildman–Crippen LogP) is 1.42. The molecule has 1 rings (SSSR count). The van der Waals surface area contributed by atoms with Gasteiger partial charge in [0.05, 0.1) is 13.7 Å². The SMILES string of the molecule is CC(=O)O.CCOS(=O)(=O)O.COc1ccc(C=O)cc1. The molecule has 0 amide bonds. The summed E-state index contributed by atoms with van der Waals surface area (Å²) in [5.74, 6) is -0.0643. The molecule has 0 aliphatic heterocycles. The molecule has 0 aliphatic carbocycles. The third-order valence-corrected chi connectivity index (χ3v) is 2.05. The molecule has 0 unspecified atom stereocenters. The van der Waals surface area contributed by atoms with E-state index in [9.17, 15) is 13.2 Å². The monoisotopic (exact) mass is 322 g/mol. The summed E-state index contributed by atoms with van der Waals surface area (Å²) in [6, 6.07) is 6.94. The average molecular weight is 322 g/mol. The lowest BCUT2D eigenvalue weighted by Gasteiger charge is -1.96. The maximum atomic E-state index is 10.2. The van der Waals surface area contributed by atoms with Crippen LogP contribution in [0.15, 0.2) is 24.3 Å². The van der Waals surface area contributed by atoms with Gasteiger partial charge in [-0.15, -0.1) is 0 Å². The molecule has 0 saturated heterocycles. The first-order valence-electron chi connectivity index (χ1n) is 5.56. The standard InChI is InChI=1S/C8H8O2.C2H6O4S.C2H4O2/c1-10-8-4-2-7(6-9)3-5-8;1-2-6-7(3,4)5;1-2(3)4/h2-6H,1H3;2H2,1H3,(H,3,4,5);1H3,(H,3,4). The number of carboxylic acid groups (broad SMARTS) is 1. The van der Waals surface area contributed by atoms with Crippen LogP contribution >= 0.6 is 0 Å². The number of carbonyl (C=O) groups excluding carboxylic acids is 1. The number of benzene rings is 1. The molecule has 21 heavy (non-hydrogen) atoms. The van der Waals surface area contributed by atoms with E-state index in [2.05, 4.69) is 4.18 Å². The molecule has 120 valence electrons. The van der Waals surface area contributed by atoms with Gasteiger partial charge in [0.25, 0.3) is 5.97 Å². The van der Waals surface area contributed by atoms with Gasteiger partial charge in [-0.3, -0.25) is 14.1 Å². The zero-order valence-corrected chi connectivity index (χ0v) is 12.7. The maximum Gasteiger partial charge on any atom is 0.397 e. The van der Waals surface area contributed by atoms with Crippen molar-refractivity contribution in [2.45, 2.75) is 13.8 Å². The van der Waals surface area contributed by atoms with Crippen molar-refractivity contribution in [3.8, 4) is 5.75 Å². The Morgan fingerprint density at radius 3 is 1.90 bits per heavy atom. The lowest BCUT2D eigenvalue weighted by molar-refractivity contribution is -0.134. The van der Waals surface area contributed by atoms with Crippen LogP contribution in [0.25, 0.3) is 0 Å². The first kappa shape index (κ1) is 21.3. The van der Waals surface area contributed by atoms with Crippen molar-refractivity contribution in [3.05, 3.63) is 29.8 Å². The van der Waals surface area contributed by atoms with Gasteiger partial charge in [0.1, 0.15) is 12.0 Å². The Morgan fingerprint density at radius 2 is 1.71 bits per heavy atom. The lowest BCUT2D eigenvalue weighted by Crippen LogP contribution is -2.01. The third-order valence-electron chi connectivity index (χ3n) is 1.52. The van der Waals surface area contributed by atoms with Crippen molar-refractivity contribution in [2.24, 2.45) is 0 Å². The van der Waals surface area contributed by atoms with Crippen LogP contribution in [-0.2, 0) is 19.4 Å². The van der Waals surface area contributed by atoms with E-state index in [1.54, 1.807) is 31.4 Å². The van der Waals surface area contributed by atoms with E-state index in [1.807, 2.05) is 0 Å². The average Bonchev–Trinajstić information content (AvgIpc) is 2.37. The second-order valence-corrected chi connectivity index (χ2v) is 4.34. The number of aldehydes is 1. The number of carboxylic acids is 1. The summed E-state index contributed by atoms with van der Waals surface area (Å²) in [7, 11) is -2.58. The summed E-state index contributed by atoms with van der Waals surface area (Å²) in [4.78, 5) is 19.2. The van der Waals surface area contributed by atoms with Gasteiger partial charge < -0.3 is 9.84 Å². The van der Waals surface area contributed by atoms with Gasteiger partial charge in [-0.25, -0.2) is 4.18 Å². The second kappa shape index (κ2) is 11.8. The predicted molar refractivity (Wildman–Crippen MR) is 74.9 cm³/mol. The number of ether oxygens (including phenoxy) is 1. The second-order valence-electron chi connectivity index (χ2n) is 3.24. The van der Waals surface area contributed by atoms with Gasteiger partial charge in [0.15, 0.2) is 0 Å². The van der Waals surface area contributed by atoms with Gasteiger partial charge in [0.2, 0.25) is 0 Å². The number of methoxy groups -OCH3 is 1. The number of aliphatic carboxylic acids is 1. The first-order chi connectivity index (χ1) is 9.66. The Kier molecular flexibility index (Phi) is 12.0. The number of hydrogen-bond acceptors (Lipinski definition) is 6. The molecule has 8 nitrogen and oxygen atoms in total. The molecule has 1 aromatic rings. The van der Waals surface area contributed by atoms with E-state index in [0.717, 1.165) is 19.0 Å². The van der Waals surface area contributed by atoms with E-state index < -0.39 is 16.4 Å². The summed E-state index contributed by atoms with van der Waals surface area (Å²) in [6.07, 6.45) is 0.805. The number of carbonyl (C=O) groups is 2. The molecule has 2 N–H and O–H groups in total. The maximum absolute atomic E-state index is 10.2. The summed E-state index contributed by atoms with van der Waals surface area (Å²) in [5, 5.41) is 7.42. The number of hydrogen-bond donors (Lipinski definition) is 2. The Bertz CT molecular complexity index is 503. The molecule has 0 bridgehead atoms. The highest BCUT2D eigenvalue weighted by molar-refractivity contribution is 7.80. The fourth-order valence-electron chi connectivity index (χ4n) is 0.831. The van der Waals surface area contributed by atoms with E-state index >= 15 is 0 Å². The molecule has 0 aromatic heterocycles. The summed E-state index contributed by atoms with van der Waals surface area (Å²) in [5.41, 5.74) is 0.667. The lowest BCUT2D eigenvalue weighted by atomic mass is 10.2. The molecule has 0 fully saturated rings. The van der Waals surface area contributed by atoms with Crippen LogP contribution < -0.4 is 4.74 Å². The fraction of sp³-hybridized carbons (Fsp3) is 0.333. The van der Waals surface area contributed by atoms with Gasteiger partial charge in [-0.05, 0) is 31.2 Å². The van der Waals surface area contributed by atoms with E-state index in [0.29, 0.717) is 5.56 Å². The largest absolute Gasteiger partial charge is 0.497 e. The molecular formula is C12H18O8S. The van der Waals surface area contributed by atoms with Gasteiger partial charge in [-0.2, -0.15) is 8.42 Å². The molecule has 0 aliphatic rings. The van der Waals surface area contributed by atoms with Gasteiger partial charge in [0, 0.05) is 12.5 Å². The zero-order valence-electron chi connectivity index (χ0n) is 11.8. The molecule has 1 aromatic carbocycles. The summed E-state index contributed by atoms with van der Waals surface area (Å²) in [6.45, 7) is 2.52. The summed E-state index contributed by atoms with van der Waals surface area (Å²) >= 11 is 0. The van der Waals surface area contributed by atoms with Crippen molar-refractivity contribution < 1.29 is 36.6 Å². The highest BCUT2D eigenvalue weighted by Crippen LogP contribution is 2.09. The first-order valence-corrected chi connectivity index (χ1v) is 6.93. The molecular weight excluding hydrogens is 304 g/mol. The van der Waals surface area contributed by atoms with E-state index in [1.165, 1.54) is 6.92 Å². The minimum Gasteiger partial charge on any atom is -0.497 e. The van der Waals surface area contributed by atoms with Crippen LogP contribution in [0.5, 0.6) is 5.75 Å². The molecule has 0 atom stereocenters. The van der Waals surface area contributed by atoms with Gasteiger partial charge in [-0.1, -0.05) is 0 Å². The van der Waals surface area contributed by atoms with Crippen molar-refractivity contribution in [2.75, 3.05) is 13.7 Å². The Balaban J connectivity index is 0. The highest BCUT2D eigenvalue weighted by atomic mass is 32.3. The van der Waals surface area contributed by atoms with Crippen LogP contribution in [-0.4, -0.2) is 44.0 Å². The van der Waals surface area contributed by atoms with E-state index in [4.69, 9.17) is 19.2 Å².